The monoisotopic (exact) mass is 418 g/mol. The standard InChI is InChI=1S/C21H25F3N6/c22-21(23,24)15-4-5-19(25-12-15)30-7-6-17-18(13-30)26-14-27-20(17)29-10-8-28(9-11-29)16-2-1-3-16/h4-5,12,14,16H,1-3,6-11,13H2. The van der Waals surface area contributed by atoms with Gasteiger partial charge in [-0.05, 0) is 31.4 Å². The van der Waals surface area contributed by atoms with Gasteiger partial charge in [-0.2, -0.15) is 13.2 Å². The van der Waals surface area contributed by atoms with Gasteiger partial charge in [0, 0.05) is 50.5 Å². The highest BCUT2D eigenvalue weighted by Gasteiger charge is 2.32. The molecule has 2 fully saturated rings. The molecule has 6 nitrogen and oxygen atoms in total. The minimum atomic E-state index is -4.37. The number of piperazine rings is 1. The van der Waals surface area contributed by atoms with Crippen LogP contribution in [0.25, 0.3) is 0 Å². The van der Waals surface area contributed by atoms with E-state index in [9.17, 15) is 13.2 Å². The summed E-state index contributed by atoms with van der Waals surface area (Å²) < 4.78 is 38.4. The molecule has 2 aromatic rings. The van der Waals surface area contributed by atoms with Crippen molar-refractivity contribution in [3.05, 3.63) is 41.5 Å². The molecule has 0 bridgehead atoms. The first-order valence-corrected chi connectivity index (χ1v) is 10.6. The van der Waals surface area contributed by atoms with Crippen molar-refractivity contribution in [2.75, 3.05) is 42.5 Å². The highest BCUT2D eigenvalue weighted by Crippen LogP contribution is 2.32. The molecule has 0 N–H and O–H groups in total. The quantitative estimate of drug-likeness (QED) is 0.764. The molecule has 0 radical (unpaired) electrons. The number of nitrogens with zero attached hydrogens (tertiary/aromatic N) is 6. The van der Waals surface area contributed by atoms with Gasteiger partial charge in [-0.15, -0.1) is 0 Å². The Balaban J connectivity index is 1.29. The van der Waals surface area contributed by atoms with E-state index in [0.29, 0.717) is 18.9 Å². The van der Waals surface area contributed by atoms with Gasteiger partial charge in [0.05, 0.1) is 17.8 Å². The molecule has 1 saturated heterocycles. The van der Waals surface area contributed by atoms with Gasteiger partial charge in [0.15, 0.2) is 0 Å². The van der Waals surface area contributed by atoms with Crippen molar-refractivity contribution in [2.45, 2.75) is 44.4 Å². The predicted molar refractivity (Wildman–Crippen MR) is 107 cm³/mol. The molecular formula is C21H25F3N6. The topological polar surface area (TPSA) is 48.4 Å². The first kappa shape index (κ1) is 19.5. The zero-order valence-corrected chi connectivity index (χ0v) is 16.8. The van der Waals surface area contributed by atoms with E-state index in [-0.39, 0.29) is 0 Å². The van der Waals surface area contributed by atoms with Crippen molar-refractivity contribution in [1.29, 1.82) is 0 Å². The van der Waals surface area contributed by atoms with E-state index in [0.717, 1.165) is 68.0 Å². The van der Waals surface area contributed by atoms with Gasteiger partial charge in [-0.25, -0.2) is 15.0 Å². The second-order valence-electron chi connectivity index (χ2n) is 8.30. The molecule has 2 aromatic heterocycles. The highest BCUT2D eigenvalue weighted by atomic mass is 19.4. The molecule has 0 spiro atoms. The number of hydrogen-bond acceptors (Lipinski definition) is 6. The number of aromatic nitrogens is 3. The molecule has 5 rings (SSSR count). The summed E-state index contributed by atoms with van der Waals surface area (Å²) in [5, 5.41) is 0. The minimum absolute atomic E-state index is 0.533. The van der Waals surface area contributed by atoms with E-state index in [2.05, 4.69) is 24.8 Å². The van der Waals surface area contributed by atoms with Crippen LogP contribution in [-0.2, 0) is 19.1 Å². The molecule has 9 heteroatoms. The summed E-state index contributed by atoms with van der Waals surface area (Å²) in [7, 11) is 0. The van der Waals surface area contributed by atoms with Gasteiger partial charge < -0.3 is 9.80 Å². The van der Waals surface area contributed by atoms with Gasteiger partial charge in [0.1, 0.15) is 18.0 Å². The summed E-state index contributed by atoms with van der Waals surface area (Å²) in [6.07, 6.45) is 2.91. The lowest BCUT2D eigenvalue weighted by Crippen LogP contribution is -2.52. The first-order chi connectivity index (χ1) is 14.5. The molecule has 160 valence electrons. The van der Waals surface area contributed by atoms with E-state index in [1.807, 2.05) is 4.90 Å². The SMILES string of the molecule is FC(F)(F)c1ccc(N2CCc3c(ncnc3N3CCN(C4CCC4)CC3)C2)nc1. The van der Waals surface area contributed by atoms with Crippen molar-refractivity contribution in [3.63, 3.8) is 0 Å². The van der Waals surface area contributed by atoms with Crippen LogP contribution in [0.5, 0.6) is 0 Å². The zero-order chi connectivity index (χ0) is 20.7. The molecular weight excluding hydrogens is 393 g/mol. The molecule has 0 atom stereocenters. The molecule has 0 amide bonds. The van der Waals surface area contributed by atoms with Crippen LogP contribution in [0.4, 0.5) is 24.8 Å². The van der Waals surface area contributed by atoms with Crippen molar-refractivity contribution < 1.29 is 13.2 Å². The maximum absolute atomic E-state index is 12.8. The maximum Gasteiger partial charge on any atom is 0.417 e. The van der Waals surface area contributed by atoms with Crippen molar-refractivity contribution in [1.82, 2.24) is 19.9 Å². The Morgan fingerprint density at radius 2 is 1.70 bits per heavy atom. The zero-order valence-electron chi connectivity index (χ0n) is 16.8. The largest absolute Gasteiger partial charge is 0.417 e. The van der Waals surface area contributed by atoms with E-state index in [1.165, 1.54) is 25.3 Å². The van der Waals surface area contributed by atoms with Crippen LogP contribution in [0.15, 0.2) is 24.7 Å². The van der Waals surface area contributed by atoms with Crippen LogP contribution in [-0.4, -0.2) is 58.6 Å². The summed E-state index contributed by atoms with van der Waals surface area (Å²) in [4.78, 5) is 20.1. The fraction of sp³-hybridized carbons (Fsp3) is 0.571. The Hall–Kier alpha value is -2.42. The smallest absolute Gasteiger partial charge is 0.354 e. The Labute approximate surface area is 173 Å². The fourth-order valence-electron chi connectivity index (χ4n) is 4.60. The highest BCUT2D eigenvalue weighted by molar-refractivity contribution is 5.53. The van der Waals surface area contributed by atoms with Crippen molar-refractivity contribution in [2.24, 2.45) is 0 Å². The van der Waals surface area contributed by atoms with Gasteiger partial charge >= 0.3 is 6.18 Å². The molecule has 30 heavy (non-hydrogen) atoms. The minimum Gasteiger partial charge on any atom is -0.354 e. The lowest BCUT2D eigenvalue weighted by atomic mass is 9.91. The Kier molecular flexibility index (Phi) is 5.00. The molecule has 2 aliphatic heterocycles. The van der Waals surface area contributed by atoms with E-state index >= 15 is 0 Å². The van der Waals surface area contributed by atoms with Crippen LogP contribution in [0.3, 0.4) is 0 Å². The Bertz CT molecular complexity index is 889. The number of fused-ring (bicyclic) bond motifs is 1. The van der Waals surface area contributed by atoms with E-state index in [1.54, 1.807) is 6.33 Å². The Morgan fingerprint density at radius 1 is 0.900 bits per heavy atom. The molecule has 0 aromatic carbocycles. The summed E-state index contributed by atoms with van der Waals surface area (Å²) in [5.41, 5.74) is 1.38. The molecule has 1 saturated carbocycles. The van der Waals surface area contributed by atoms with Crippen molar-refractivity contribution >= 4 is 11.6 Å². The van der Waals surface area contributed by atoms with Crippen LogP contribution in [0.2, 0.25) is 0 Å². The van der Waals surface area contributed by atoms with Gasteiger partial charge in [-0.3, -0.25) is 4.90 Å². The molecule has 0 unspecified atom stereocenters. The average Bonchev–Trinajstić information content (AvgIpc) is 2.72. The lowest BCUT2D eigenvalue weighted by molar-refractivity contribution is -0.137. The van der Waals surface area contributed by atoms with Gasteiger partial charge in [0.25, 0.3) is 0 Å². The third-order valence-corrected chi connectivity index (χ3v) is 6.59. The molecule has 3 aliphatic rings. The average molecular weight is 418 g/mol. The summed E-state index contributed by atoms with van der Waals surface area (Å²) in [5.74, 6) is 1.57. The molecule has 4 heterocycles. The number of alkyl halides is 3. The number of anilines is 2. The van der Waals surface area contributed by atoms with Crippen LogP contribution >= 0.6 is 0 Å². The first-order valence-electron chi connectivity index (χ1n) is 10.6. The summed E-state index contributed by atoms with van der Waals surface area (Å²) >= 11 is 0. The lowest BCUT2D eigenvalue weighted by Gasteiger charge is -2.43. The fourth-order valence-corrected chi connectivity index (χ4v) is 4.60. The normalized spacial score (nSPS) is 20.8. The predicted octanol–water partition coefficient (Wildman–Crippen LogP) is 3.13. The van der Waals surface area contributed by atoms with Crippen LogP contribution in [0, 0.1) is 0 Å². The number of pyridine rings is 1. The second kappa shape index (κ2) is 7.68. The van der Waals surface area contributed by atoms with E-state index in [4.69, 9.17) is 0 Å². The summed E-state index contributed by atoms with van der Waals surface area (Å²) in [6, 6.07) is 3.30. The third-order valence-electron chi connectivity index (χ3n) is 6.59. The van der Waals surface area contributed by atoms with E-state index < -0.39 is 11.7 Å². The number of hydrogen-bond donors (Lipinski definition) is 0. The van der Waals surface area contributed by atoms with Crippen LogP contribution < -0.4 is 9.80 Å². The Morgan fingerprint density at radius 3 is 2.33 bits per heavy atom. The summed E-state index contributed by atoms with van der Waals surface area (Å²) in [6.45, 7) is 5.32. The number of rotatable bonds is 3. The van der Waals surface area contributed by atoms with Crippen molar-refractivity contribution in [3.8, 4) is 0 Å². The number of halogens is 3. The van der Waals surface area contributed by atoms with Gasteiger partial charge in [-0.1, -0.05) is 6.42 Å². The second-order valence-corrected chi connectivity index (χ2v) is 8.30. The third kappa shape index (κ3) is 3.71. The molecule has 1 aliphatic carbocycles. The van der Waals surface area contributed by atoms with Gasteiger partial charge in [0.2, 0.25) is 0 Å². The maximum atomic E-state index is 12.8. The van der Waals surface area contributed by atoms with Crippen LogP contribution in [0.1, 0.15) is 36.1 Å².